The number of hydrogen-bond acceptors (Lipinski definition) is 4. The number of hydrogen-bond donors (Lipinski definition) is 2. The first-order valence-corrected chi connectivity index (χ1v) is 11.3. The molecule has 0 unspecified atom stereocenters. The van der Waals surface area contributed by atoms with Crippen molar-refractivity contribution in [2.45, 2.75) is 32.6 Å². The molecule has 0 bridgehead atoms. The van der Waals surface area contributed by atoms with Crippen molar-refractivity contribution in [2.75, 3.05) is 13.1 Å². The lowest BCUT2D eigenvalue weighted by molar-refractivity contribution is 0.199. The second kappa shape index (κ2) is 12.3. The van der Waals surface area contributed by atoms with Crippen LogP contribution in [0.25, 0.3) is 0 Å². The largest absolute Gasteiger partial charge is 0.412 e. The lowest BCUT2D eigenvalue weighted by Crippen LogP contribution is -2.27. The Hall–Kier alpha value is -3.80. The Kier molecular flexibility index (Phi) is 8.88. The molecule has 172 valence electrons. The maximum absolute atomic E-state index is 11.8. The van der Waals surface area contributed by atoms with Gasteiger partial charge in [0.25, 0.3) is 0 Å². The molecule has 33 heavy (non-hydrogen) atoms. The van der Waals surface area contributed by atoms with Gasteiger partial charge in [0.2, 0.25) is 0 Å². The number of benzene rings is 3. The molecule has 2 amide bonds. The lowest BCUT2D eigenvalue weighted by Gasteiger charge is -2.19. The van der Waals surface area contributed by atoms with Gasteiger partial charge in [0.1, 0.15) is 11.5 Å². The number of carbonyl (C=O) groups excluding carboxylic acids is 2. The Bertz CT molecular complexity index is 953. The lowest BCUT2D eigenvalue weighted by atomic mass is 9.85. The summed E-state index contributed by atoms with van der Waals surface area (Å²) in [6.45, 7) is 5.12. The molecule has 3 aromatic carbocycles. The molecule has 0 radical (unpaired) electrons. The molecule has 0 aromatic heterocycles. The van der Waals surface area contributed by atoms with Crippen molar-refractivity contribution >= 4 is 12.2 Å². The van der Waals surface area contributed by atoms with Gasteiger partial charge >= 0.3 is 12.2 Å². The molecule has 0 saturated heterocycles. The molecular weight excluding hydrogens is 416 g/mol. The van der Waals surface area contributed by atoms with Gasteiger partial charge in [-0.2, -0.15) is 0 Å². The van der Waals surface area contributed by atoms with Crippen molar-refractivity contribution in [1.29, 1.82) is 0 Å². The summed E-state index contributed by atoms with van der Waals surface area (Å²) in [7, 11) is 0. The predicted octanol–water partition coefficient (Wildman–Crippen LogP) is 5.86. The third-order valence-corrected chi connectivity index (χ3v) is 5.02. The smallest absolute Gasteiger partial charge is 0.410 e. The standard InChI is InChI=1S/C27H30N2O4/c1-3-18-28-26(30)32-23-14-10-21(11-15-23)25(20-8-6-5-7-9-20)22-12-16-24(17-13-22)33-27(31)29-19-4-2/h5-17,25H,3-4,18-19H2,1-2H3,(H,28,30)(H,29,31). The minimum atomic E-state index is -0.456. The molecule has 3 aromatic rings. The second-order valence-corrected chi connectivity index (χ2v) is 7.61. The molecule has 0 saturated carbocycles. The molecule has 6 nitrogen and oxygen atoms in total. The van der Waals surface area contributed by atoms with Crippen LogP contribution in [0.3, 0.4) is 0 Å². The summed E-state index contributed by atoms with van der Waals surface area (Å²) in [6.07, 6.45) is 0.783. The van der Waals surface area contributed by atoms with Crippen LogP contribution in [-0.4, -0.2) is 25.3 Å². The molecule has 0 spiro atoms. The summed E-state index contributed by atoms with van der Waals surface area (Å²) in [4.78, 5) is 23.7. The highest BCUT2D eigenvalue weighted by molar-refractivity contribution is 5.70. The van der Waals surface area contributed by atoms with Gasteiger partial charge in [-0.05, 0) is 53.8 Å². The van der Waals surface area contributed by atoms with Gasteiger partial charge in [0.05, 0.1) is 0 Å². The first-order chi connectivity index (χ1) is 16.1. The monoisotopic (exact) mass is 446 g/mol. The minimum Gasteiger partial charge on any atom is -0.410 e. The molecule has 0 aliphatic carbocycles. The van der Waals surface area contributed by atoms with Crippen LogP contribution in [0.1, 0.15) is 49.3 Å². The normalized spacial score (nSPS) is 10.5. The van der Waals surface area contributed by atoms with E-state index in [1.165, 1.54) is 0 Å². The van der Waals surface area contributed by atoms with Crippen LogP contribution in [0.4, 0.5) is 9.59 Å². The zero-order chi connectivity index (χ0) is 23.5. The summed E-state index contributed by atoms with van der Waals surface area (Å²) in [6, 6.07) is 25.2. The van der Waals surface area contributed by atoms with E-state index in [2.05, 4.69) is 22.8 Å². The van der Waals surface area contributed by atoms with E-state index in [9.17, 15) is 9.59 Å². The van der Waals surface area contributed by atoms with E-state index in [0.717, 1.165) is 29.5 Å². The van der Waals surface area contributed by atoms with E-state index >= 15 is 0 Å². The molecular formula is C27H30N2O4. The summed E-state index contributed by atoms with van der Waals surface area (Å²) in [5.74, 6) is 0.944. The van der Waals surface area contributed by atoms with Gasteiger partial charge in [-0.25, -0.2) is 9.59 Å². The Morgan fingerprint density at radius 1 is 0.636 bits per heavy atom. The van der Waals surface area contributed by atoms with Crippen LogP contribution in [0, 0.1) is 0 Å². The topological polar surface area (TPSA) is 76.7 Å². The zero-order valence-electron chi connectivity index (χ0n) is 19.0. The Balaban J connectivity index is 1.80. The Labute approximate surface area is 194 Å². The average molecular weight is 447 g/mol. The van der Waals surface area contributed by atoms with Crippen molar-refractivity contribution in [3.63, 3.8) is 0 Å². The molecule has 3 rings (SSSR count). The Morgan fingerprint density at radius 3 is 1.42 bits per heavy atom. The highest BCUT2D eigenvalue weighted by atomic mass is 16.6. The summed E-state index contributed by atoms with van der Waals surface area (Å²) in [5, 5.41) is 5.40. The van der Waals surface area contributed by atoms with Gasteiger partial charge in [0, 0.05) is 19.0 Å². The third-order valence-electron chi connectivity index (χ3n) is 5.02. The predicted molar refractivity (Wildman–Crippen MR) is 129 cm³/mol. The quantitative estimate of drug-likeness (QED) is 0.404. The maximum Gasteiger partial charge on any atom is 0.412 e. The summed E-state index contributed by atoms with van der Waals surface area (Å²) >= 11 is 0. The molecule has 0 atom stereocenters. The SMILES string of the molecule is CCCNC(=O)Oc1ccc(C(c2ccccc2)c2ccc(OC(=O)NCCC)cc2)cc1. The molecule has 0 fully saturated rings. The molecule has 6 heteroatoms. The van der Waals surface area contributed by atoms with Crippen molar-refractivity contribution in [2.24, 2.45) is 0 Å². The molecule has 0 heterocycles. The summed E-state index contributed by atoms with van der Waals surface area (Å²) < 4.78 is 10.7. The number of ether oxygens (including phenoxy) is 2. The van der Waals surface area contributed by atoms with E-state index in [-0.39, 0.29) is 5.92 Å². The van der Waals surface area contributed by atoms with E-state index < -0.39 is 12.2 Å². The summed E-state index contributed by atoms with van der Waals surface area (Å²) in [5.41, 5.74) is 3.23. The second-order valence-electron chi connectivity index (χ2n) is 7.61. The average Bonchev–Trinajstić information content (AvgIpc) is 2.84. The van der Waals surface area contributed by atoms with Gasteiger partial charge in [-0.15, -0.1) is 0 Å². The number of carbonyl (C=O) groups is 2. The number of amides is 2. The van der Waals surface area contributed by atoms with Crippen molar-refractivity contribution in [3.8, 4) is 11.5 Å². The fourth-order valence-electron chi connectivity index (χ4n) is 3.42. The highest BCUT2D eigenvalue weighted by Gasteiger charge is 2.17. The van der Waals surface area contributed by atoms with Gasteiger partial charge < -0.3 is 20.1 Å². The van der Waals surface area contributed by atoms with Crippen molar-refractivity contribution in [1.82, 2.24) is 10.6 Å². The van der Waals surface area contributed by atoms with Gasteiger partial charge in [0.15, 0.2) is 0 Å². The van der Waals surface area contributed by atoms with E-state index in [1.54, 1.807) is 24.3 Å². The van der Waals surface area contributed by atoms with Crippen LogP contribution in [-0.2, 0) is 0 Å². The molecule has 0 aliphatic rings. The maximum atomic E-state index is 11.8. The highest BCUT2D eigenvalue weighted by Crippen LogP contribution is 2.33. The van der Waals surface area contributed by atoms with Crippen LogP contribution in [0.2, 0.25) is 0 Å². The zero-order valence-corrected chi connectivity index (χ0v) is 19.0. The first kappa shape index (κ1) is 23.9. The Morgan fingerprint density at radius 2 is 1.03 bits per heavy atom. The minimum absolute atomic E-state index is 0.0304. The van der Waals surface area contributed by atoms with Gasteiger partial charge in [-0.3, -0.25) is 0 Å². The first-order valence-electron chi connectivity index (χ1n) is 11.3. The van der Waals surface area contributed by atoms with Crippen LogP contribution in [0.15, 0.2) is 78.9 Å². The van der Waals surface area contributed by atoms with Crippen molar-refractivity contribution < 1.29 is 19.1 Å². The fraction of sp³-hybridized carbons (Fsp3) is 0.259. The number of nitrogens with one attached hydrogen (secondary N) is 2. The fourth-order valence-corrected chi connectivity index (χ4v) is 3.42. The third kappa shape index (κ3) is 7.10. The molecule has 2 N–H and O–H groups in total. The molecule has 0 aliphatic heterocycles. The van der Waals surface area contributed by atoms with E-state index in [0.29, 0.717) is 24.6 Å². The van der Waals surface area contributed by atoms with Crippen LogP contribution >= 0.6 is 0 Å². The van der Waals surface area contributed by atoms with Crippen molar-refractivity contribution in [3.05, 3.63) is 95.6 Å². The van der Waals surface area contributed by atoms with E-state index in [1.807, 2.05) is 56.3 Å². The number of rotatable bonds is 9. The van der Waals surface area contributed by atoms with E-state index in [4.69, 9.17) is 9.47 Å². The van der Waals surface area contributed by atoms with Crippen LogP contribution < -0.4 is 20.1 Å². The van der Waals surface area contributed by atoms with Crippen LogP contribution in [0.5, 0.6) is 11.5 Å². The van der Waals surface area contributed by atoms with Gasteiger partial charge in [-0.1, -0.05) is 68.4 Å².